The number of nitrogens with zero attached hydrogens (tertiary/aromatic N) is 1. The Bertz CT molecular complexity index is 547. The first-order valence-electron chi connectivity index (χ1n) is 5.24. The van der Waals surface area contributed by atoms with Gasteiger partial charge < -0.3 is 15.9 Å². The van der Waals surface area contributed by atoms with Crippen LogP contribution in [0.4, 0.5) is 0 Å². The van der Waals surface area contributed by atoms with Crippen molar-refractivity contribution in [1.29, 1.82) is 0 Å². The van der Waals surface area contributed by atoms with E-state index in [0.717, 1.165) is 16.7 Å². The van der Waals surface area contributed by atoms with Crippen molar-refractivity contribution in [3.63, 3.8) is 0 Å². The van der Waals surface area contributed by atoms with Gasteiger partial charge in [-0.1, -0.05) is 13.8 Å². The molecule has 0 fully saturated rings. The van der Waals surface area contributed by atoms with Gasteiger partial charge in [-0.25, -0.2) is 4.79 Å². The molecule has 1 heterocycles. The molecule has 0 aromatic carbocycles. The zero-order chi connectivity index (χ0) is 14.0. The third kappa shape index (κ3) is 2.50. The molecule has 18 heavy (non-hydrogen) atoms. The van der Waals surface area contributed by atoms with Crippen LogP contribution in [-0.4, -0.2) is 26.7 Å². The first-order chi connectivity index (χ1) is 8.25. The van der Waals surface area contributed by atoms with Crippen LogP contribution >= 0.6 is 0 Å². The number of hydrogen-bond donors (Lipinski definition) is 3. The van der Waals surface area contributed by atoms with Crippen molar-refractivity contribution in [1.82, 2.24) is 4.57 Å². The Kier molecular flexibility index (Phi) is 3.75. The van der Waals surface area contributed by atoms with Gasteiger partial charge >= 0.3 is 5.97 Å². The van der Waals surface area contributed by atoms with Gasteiger partial charge in [0, 0.05) is 12.1 Å². The lowest BCUT2D eigenvalue weighted by Crippen LogP contribution is -2.39. The third-order valence-electron chi connectivity index (χ3n) is 2.47. The van der Waals surface area contributed by atoms with E-state index in [1.807, 2.05) is 0 Å². The maximum atomic E-state index is 11.7. The summed E-state index contributed by atoms with van der Waals surface area (Å²) < 4.78 is 0.787. The number of pyridine rings is 1. The van der Waals surface area contributed by atoms with Crippen LogP contribution in [0.5, 0.6) is 5.75 Å². The Hall–Kier alpha value is -2.31. The van der Waals surface area contributed by atoms with E-state index in [1.54, 1.807) is 13.8 Å². The fourth-order valence-electron chi connectivity index (χ4n) is 1.77. The zero-order valence-electron chi connectivity index (χ0n) is 9.95. The highest BCUT2D eigenvalue weighted by molar-refractivity contribution is 5.87. The molecule has 0 aliphatic rings. The molecule has 0 aliphatic heterocycles. The zero-order valence-corrected chi connectivity index (χ0v) is 9.95. The molecule has 1 amide bonds. The minimum atomic E-state index is -1.42. The van der Waals surface area contributed by atoms with Gasteiger partial charge in [-0.3, -0.25) is 14.2 Å². The minimum Gasteiger partial charge on any atom is -0.508 e. The van der Waals surface area contributed by atoms with E-state index in [2.05, 4.69) is 0 Å². The number of carbonyl (C=O) groups excluding carboxylic acids is 1. The number of carboxylic acid groups (broad SMARTS) is 1. The molecular weight excluding hydrogens is 240 g/mol. The number of aromatic hydroxyl groups is 1. The lowest BCUT2D eigenvalue weighted by molar-refractivity contribution is -0.122. The Morgan fingerprint density at radius 2 is 1.89 bits per heavy atom. The summed E-state index contributed by atoms with van der Waals surface area (Å²) in [6.07, 6.45) is 0. The smallest absolute Gasteiger partial charge is 0.352 e. The molecule has 0 radical (unpaired) electrons. The third-order valence-corrected chi connectivity index (χ3v) is 2.47. The van der Waals surface area contributed by atoms with Crippen molar-refractivity contribution in [3.8, 4) is 5.75 Å². The van der Waals surface area contributed by atoms with E-state index in [4.69, 9.17) is 10.8 Å². The van der Waals surface area contributed by atoms with E-state index >= 15 is 0 Å². The number of nitrogens with two attached hydrogens (primary N) is 1. The molecule has 0 saturated heterocycles. The van der Waals surface area contributed by atoms with Gasteiger partial charge in [-0.05, 0) is 5.92 Å². The van der Waals surface area contributed by atoms with Gasteiger partial charge in [0.25, 0.3) is 5.56 Å². The number of aromatic nitrogens is 1. The van der Waals surface area contributed by atoms with E-state index in [9.17, 15) is 19.5 Å². The lowest BCUT2D eigenvalue weighted by Gasteiger charge is -2.22. The van der Waals surface area contributed by atoms with Gasteiger partial charge in [0.05, 0.1) is 0 Å². The molecule has 1 rings (SSSR count). The van der Waals surface area contributed by atoms with Gasteiger partial charge in [0.2, 0.25) is 5.91 Å². The van der Waals surface area contributed by atoms with Crippen LogP contribution in [0, 0.1) is 5.92 Å². The van der Waals surface area contributed by atoms with Crippen molar-refractivity contribution in [2.75, 3.05) is 0 Å². The van der Waals surface area contributed by atoms with E-state index in [1.165, 1.54) is 0 Å². The fourth-order valence-corrected chi connectivity index (χ4v) is 1.77. The molecular formula is C11H14N2O5. The standard InChI is InChI=1S/C11H14N2O5/c1-5(2)9(10(12)16)13-7(11(17)18)3-6(14)4-8(13)15/h3-5,9,14H,1-2H3,(H2,12,16)(H,17,18). The predicted molar refractivity (Wildman–Crippen MR) is 62.4 cm³/mol. The second-order valence-corrected chi connectivity index (χ2v) is 4.20. The molecule has 0 saturated carbocycles. The summed E-state index contributed by atoms with van der Waals surface area (Å²) in [5.41, 5.74) is 3.93. The maximum absolute atomic E-state index is 11.7. The second-order valence-electron chi connectivity index (χ2n) is 4.20. The van der Waals surface area contributed by atoms with Crippen LogP contribution in [0.3, 0.4) is 0 Å². The van der Waals surface area contributed by atoms with Gasteiger partial charge in [-0.15, -0.1) is 0 Å². The van der Waals surface area contributed by atoms with Crippen molar-refractivity contribution >= 4 is 11.9 Å². The van der Waals surface area contributed by atoms with E-state index in [0.29, 0.717) is 0 Å². The number of carbonyl (C=O) groups is 2. The molecule has 1 aromatic rings. The lowest BCUT2D eigenvalue weighted by atomic mass is 10.0. The molecule has 0 bridgehead atoms. The predicted octanol–water partition coefficient (Wildman–Crippen LogP) is -0.0655. The Balaban J connectivity index is 3.61. The number of aromatic carboxylic acids is 1. The number of amides is 1. The molecule has 7 nitrogen and oxygen atoms in total. The van der Waals surface area contributed by atoms with Crippen LogP contribution in [0.2, 0.25) is 0 Å². The highest BCUT2D eigenvalue weighted by Crippen LogP contribution is 2.19. The number of rotatable bonds is 4. The van der Waals surface area contributed by atoms with Crippen LogP contribution in [0.25, 0.3) is 0 Å². The second kappa shape index (κ2) is 4.91. The highest BCUT2D eigenvalue weighted by Gasteiger charge is 2.27. The summed E-state index contributed by atoms with van der Waals surface area (Å²) in [5, 5.41) is 18.2. The van der Waals surface area contributed by atoms with Crippen LogP contribution in [0.15, 0.2) is 16.9 Å². The average molecular weight is 254 g/mol. The average Bonchev–Trinajstić information content (AvgIpc) is 2.19. The summed E-state index contributed by atoms with van der Waals surface area (Å²) in [5.74, 6) is -3.06. The van der Waals surface area contributed by atoms with Gasteiger partial charge in [0.15, 0.2) is 0 Å². The Morgan fingerprint density at radius 1 is 1.33 bits per heavy atom. The van der Waals surface area contributed by atoms with Crippen LogP contribution in [-0.2, 0) is 4.79 Å². The van der Waals surface area contributed by atoms with Crippen molar-refractivity contribution < 1.29 is 19.8 Å². The number of carboxylic acids is 1. The normalized spacial score (nSPS) is 12.4. The number of hydrogen-bond acceptors (Lipinski definition) is 4. The van der Waals surface area contributed by atoms with Crippen LogP contribution < -0.4 is 11.3 Å². The molecule has 4 N–H and O–H groups in total. The highest BCUT2D eigenvalue weighted by atomic mass is 16.4. The maximum Gasteiger partial charge on any atom is 0.352 e. The van der Waals surface area contributed by atoms with E-state index in [-0.39, 0.29) is 5.92 Å². The molecule has 1 unspecified atom stereocenters. The minimum absolute atomic E-state index is 0.358. The number of primary amides is 1. The largest absolute Gasteiger partial charge is 0.508 e. The summed E-state index contributed by atoms with van der Waals surface area (Å²) in [6.45, 7) is 3.28. The molecule has 1 atom stereocenters. The van der Waals surface area contributed by atoms with E-state index < -0.39 is 34.9 Å². The van der Waals surface area contributed by atoms with Crippen molar-refractivity contribution in [3.05, 3.63) is 28.2 Å². The first kappa shape index (κ1) is 13.8. The van der Waals surface area contributed by atoms with Crippen molar-refractivity contribution in [2.24, 2.45) is 11.7 Å². The molecule has 1 aromatic heterocycles. The molecule has 7 heteroatoms. The van der Waals surface area contributed by atoms with Gasteiger partial charge in [-0.2, -0.15) is 0 Å². The SMILES string of the molecule is CC(C)C(C(N)=O)n1c(C(=O)O)cc(O)cc1=O. The first-order valence-corrected chi connectivity index (χ1v) is 5.24. The quantitative estimate of drug-likeness (QED) is 0.694. The van der Waals surface area contributed by atoms with Crippen LogP contribution in [0.1, 0.15) is 30.4 Å². The summed E-state index contributed by atoms with van der Waals surface area (Å²) >= 11 is 0. The van der Waals surface area contributed by atoms with Gasteiger partial charge in [0.1, 0.15) is 17.5 Å². The summed E-state index contributed by atoms with van der Waals surface area (Å²) in [6, 6.07) is 0.663. The molecule has 98 valence electrons. The van der Waals surface area contributed by atoms with Crippen molar-refractivity contribution in [2.45, 2.75) is 19.9 Å². The topological polar surface area (TPSA) is 123 Å². The Labute approximate surface area is 102 Å². The Morgan fingerprint density at radius 3 is 2.28 bits per heavy atom. The monoisotopic (exact) mass is 254 g/mol. The molecule has 0 spiro atoms. The summed E-state index contributed by atoms with van der Waals surface area (Å²) in [7, 11) is 0. The molecule has 0 aliphatic carbocycles. The summed E-state index contributed by atoms with van der Waals surface area (Å²) in [4.78, 5) is 34.2. The fraction of sp³-hybridized carbons (Fsp3) is 0.364.